The number of ether oxygens (including phenoxy) is 1. The van der Waals surface area contributed by atoms with Crippen LogP contribution in [0.3, 0.4) is 0 Å². The summed E-state index contributed by atoms with van der Waals surface area (Å²) in [6.45, 7) is 0. The van der Waals surface area contributed by atoms with Crippen LogP contribution in [0.15, 0.2) is 42.5 Å². The van der Waals surface area contributed by atoms with Crippen LogP contribution in [0.1, 0.15) is 0 Å². The van der Waals surface area contributed by atoms with Crippen molar-refractivity contribution in [3.8, 4) is 11.5 Å². The number of rotatable bonds is 3. The van der Waals surface area contributed by atoms with Crippen molar-refractivity contribution in [2.45, 2.75) is 0 Å². The minimum absolute atomic E-state index is 0.160. The predicted octanol–water partition coefficient (Wildman–Crippen LogP) is 3.11. The summed E-state index contributed by atoms with van der Waals surface area (Å²) >= 11 is 0. The molecule has 0 bridgehead atoms. The van der Waals surface area contributed by atoms with Crippen molar-refractivity contribution < 1.29 is 14.1 Å². The number of nitro groups is 1. The second-order valence-corrected chi connectivity index (χ2v) is 3.57. The summed E-state index contributed by atoms with van der Waals surface area (Å²) in [6.07, 6.45) is 0. The first kappa shape index (κ1) is 11.8. The Hall–Kier alpha value is -2.63. The van der Waals surface area contributed by atoms with Gasteiger partial charge in [0.25, 0.3) is 5.69 Å². The van der Waals surface area contributed by atoms with E-state index in [0.717, 1.165) is 0 Å². The molecule has 0 saturated carbocycles. The molecule has 0 atom stereocenters. The maximum Gasteiger partial charge on any atom is 0.275 e. The number of nitro benzene ring substituents is 1. The van der Waals surface area contributed by atoms with E-state index < -0.39 is 4.92 Å². The Morgan fingerprint density at radius 3 is 2.39 bits per heavy atom. The smallest absolute Gasteiger partial charge is 0.275 e. The fourth-order valence-electron chi connectivity index (χ4n) is 1.41. The monoisotopic (exact) mass is 248 g/mol. The molecular formula is C12H9FN2O3. The molecule has 2 aromatic carbocycles. The average molecular weight is 248 g/mol. The van der Waals surface area contributed by atoms with Crippen LogP contribution in [0.5, 0.6) is 11.5 Å². The van der Waals surface area contributed by atoms with Gasteiger partial charge in [0.05, 0.1) is 11.0 Å². The number of benzene rings is 2. The molecule has 0 aliphatic heterocycles. The lowest BCUT2D eigenvalue weighted by Crippen LogP contribution is -1.93. The topological polar surface area (TPSA) is 78.4 Å². The van der Waals surface area contributed by atoms with Crippen LogP contribution >= 0.6 is 0 Å². The molecule has 0 fully saturated rings. The summed E-state index contributed by atoms with van der Waals surface area (Å²) in [4.78, 5) is 10.1. The summed E-state index contributed by atoms with van der Waals surface area (Å²) in [5.41, 5.74) is 5.59. The molecule has 0 saturated heterocycles. The molecule has 0 spiro atoms. The minimum atomic E-state index is -0.562. The van der Waals surface area contributed by atoms with E-state index >= 15 is 0 Å². The van der Waals surface area contributed by atoms with Gasteiger partial charge in [0, 0.05) is 17.8 Å². The van der Waals surface area contributed by atoms with Crippen molar-refractivity contribution in [1.82, 2.24) is 0 Å². The Morgan fingerprint density at radius 1 is 1.11 bits per heavy atom. The fraction of sp³-hybridized carbons (Fsp3) is 0. The van der Waals surface area contributed by atoms with E-state index in [2.05, 4.69) is 0 Å². The fourth-order valence-corrected chi connectivity index (χ4v) is 1.41. The minimum Gasteiger partial charge on any atom is -0.457 e. The molecule has 0 aliphatic carbocycles. The maximum absolute atomic E-state index is 12.7. The summed E-state index contributed by atoms with van der Waals surface area (Å²) in [5.74, 6) is 0.213. The van der Waals surface area contributed by atoms with Gasteiger partial charge < -0.3 is 10.5 Å². The summed E-state index contributed by atoms with van der Waals surface area (Å²) < 4.78 is 18.0. The Kier molecular flexibility index (Phi) is 3.09. The third-order valence-corrected chi connectivity index (χ3v) is 2.17. The van der Waals surface area contributed by atoms with Crippen molar-refractivity contribution in [3.63, 3.8) is 0 Å². The van der Waals surface area contributed by atoms with Crippen molar-refractivity contribution >= 4 is 11.4 Å². The van der Waals surface area contributed by atoms with Gasteiger partial charge in [-0.05, 0) is 24.3 Å². The van der Waals surface area contributed by atoms with Gasteiger partial charge in [-0.3, -0.25) is 10.1 Å². The molecule has 0 amide bonds. The van der Waals surface area contributed by atoms with Crippen LogP contribution in [-0.4, -0.2) is 4.92 Å². The lowest BCUT2D eigenvalue weighted by atomic mass is 10.2. The Bertz CT molecular complexity index is 584. The second-order valence-electron chi connectivity index (χ2n) is 3.57. The summed E-state index contributed by atoms with van der Waals surface area (Å²) in [5, 5.41) is 10.6. The zero-order valence-corrected chi connectivity index (χ0v) is 9.17. The number of anilines is 1. The first-order valence-electron chi connectivity index (χ1n) is 5.03. The number of non-ortho nitro benzene ring substituents is 1. The van der Waals surface area contributed by atoms with Crippen LogP contribution in [0.2, 0.25) is 0 Å². The third-order valence-electron chi connectivity index (χ3n) is 2.17. The number of nitrogens with two attached hydrogens (primary N) is 1. The molecule has 0 radical (unpaired) electrons. The van der Waals surface area contributed by atoms with E-state index in [1.807, 2.05) is 0 Å². The second kappa shape index (κ2) is 4.70. The maximum atomic E-state index is 12.7. The molecule has 2 N–H and O–H groups in total. The largest absolute Gasteiger partial charge is 0.457 e. The highest BCUT2D eigenvalue weighted by molar-refractivity contribution is 5.54. The standard InChI is InChI=1S/C12H9FN2O3/c13-8-1-3-11(4-2-8)18-12-6-9(14)5-10(7-12)15(16)17/h1-7H,14H2. The first-order chi connectivity index (χ1) is 8.54. The third kappa shape index (κ3) is 2.73. The molecule has 2 rings (SSSR count). The number of halogens is 1. The van der Waals surface area contributed by atoms with Crippen molar-refractivity contribution in [2.24, 2.45) is 0 Å². The summed E-state index contributed by atoms with van der Waals surface area (Å²) in [6, 6.07) is 9.24. The van der Waals surface area contributed by atoms with Crippen LogP contribution in [0, 0.1) is 15.9 Å². The van der Waals surface area contributed by atoms with Crippen LogP contribution in [-0.2, 0) is 0 Å². The normalized spacial score (nSPS) is 10.1. The molecular weight excluding hydrogens is 239 g/mol. The van der Waals surface area contributed by atoms with Crippen LogP contribution in [0.4, 0.5) is 15.8 Å². The van der Waals surface area contributed by atoms with Gasteiger partial charge in [-0.15, -0.1) is 0 Å². The van der Waals surface area contributed by atoms with Gasteiger partial charge in [0.2, 0.25) is 0 Å². The van der Waals surface area contributed by atoms with Gasteiger partial charge in [-0.1, -0.05) is 0 Å². The lowest BCUT2D eigenvalue weighted by Gasteiger charge is -2.06. The van der Waals surface area contributed by atoms with E-state index in [1.54, 1.807) is 0 Å². The van der Waals surface area contributed by atoms with Crippen molar-refractivity contribution in [2.75, 3.05) is 5.73 Å². The Morgan fingerprint density at radius 2 is 1.78 bits per heavy atom. The first-order valence-corrected chi connectivity index (χ1v) is 5.03. The number of nitrogens with zero attached hydrogens (tertiary/aromatic N) is 1. The van der Waals surface area contributed by atoms with Gasteiger partial charge in [0.15, 0.2) is 0 Å². The van der Waals surface area contributed by atoms with E-state index in [0.29, 0.717) is 5.75 Å². The molecule has 18 heavy (non-hydrogen) atoms. The molecule has 0 aliphatic rings. The highest BCUT2D eigenvalue weighted by Gasteiger charge is 2.09. The Labute approximate surface area is 102 Å². The summed E-state index contributed by atoms with van der Waals surface area (Å²) in [7, 11) is 0. The molecule has 92 valence electrons. The van der Waals surface area contributed by atoms with Gasteiger partial charge in [-0.2, -0.15) is 0 Å². The van der Waals surface area contributed by atoms with E-state index in [-0.39, 0.29) is 22.9 Å². The van der Waals surface area contributed by atoms with E-state index in [9.17, 15) is 14.5 Å². The average Bonchev–Trinajstić information content (AvgIpc) is 2.31. The number of nitrogen functional groups attached to an aromatic ring is 1. The Balaban J connectivity index is 2.28. The predicted molar refractivity (Wildman–Crippen MR) is 64.0 cm³/mol. The quantitative estimate of drug-likeness (QED) is 0.514. The zero-order valence-electron chi connectivity index (χ0n) is 9.17. The molecule has 5 nitrogen and oxygen atoms in total. The van der Waals surface area contributed by atoms with Crippen molar-refractivity contribution in [1.29, 1.82) is 0 Å². The lowest BCUT2D eigenvalue weighted by molar-refractivity contribution is -0.384. The molecule has 0 aromatic heterocycles. The zero-order chi connectivity index (χ0) is 13.1. The van der Waals surface area contributed by atoms with Gasteiger partial charge in [0.1, 0.15) is 17.3 Å². The molecule has 0 heterocycles. The number of hydrogen-bond donors (Lipinski definition) is 1. The molecule has 0 unspecified atom stereocenters. The van der Waals surface area contributed by atoms with E-state index in [4.69, 9.17) is 10.5 Å². The van der Waals surface area contributed by atoms with E-state index in [1.165, 1.54) is 42.5 Å². The van der Waals surface area contributed by atoms with Gasteiger partial charge in [-0.25, -0.2) is 4.39 Å². The molecule has 6 heteroatoms. The van der Waals surface area contributed by atoms with Gasteiger partial charge >= 0.3 is 0 Å². The molecule has 2 aromatic rings. The van der Waals surface area contributed by atoms with Crippen LogP contribution in [0.25, 0.3) is 0 Å². The highest BCUT2D eigenvalue weighted by atomic mass is 19.1. The number of hydrogen-bond acceptors (Lipinski definition) is 4. The van der Waals surface area contributed by atoms with Crippen LogP contribution < -0.4 is 10.5 Å². The SMILES string of the molecule is Nc1cc(Oc2ccc(F)cc2)cc([N+](=O)[O-])c1. The highest BCUT2D eigenvalue weighted by Crippen LogP contribution is 2.28. The van der Waals surface area contributed by atoms with Crippen molar-refractivity contribution in [3.05, 3.63) is 58.4 Å².